The predicted octanol–water partition coefficient (Wildman–Crippen LogP) is 1.04. The molecular weight excluding hydrogens is 228 g/mol. The fourth-order valence-electron chi connectivity index (χ4n) is 1.04. The summed E-state index contributed by atoms with van der Waals surface area (Å²) < 4.78 is 11.9. The Balaban J connectivity index is 2.55. The van der Waals surface area contributed by atoms with E-state index < -0.39 is 0 Å². The van der Waals surface area contributed by atoms with E-state index >= 15 is 0 Å². The summed E-state index contributed by atoms with van der Waals surface area (Å²) in [5.41, 5.74) is 0. The van der Waals surface area contributed by atoms with Crippen LogP contribution < -0.4 is 0 Å². The molecule has 1 aromatic heterocycles. The van der Waals surface area contributed by atoms with E-state index in [1.807, 2.05) is 0 Å². The van der Waals surface area contributed by atoms with E-state index in [9.17, 15) is 0 Å². The van der Waals surface area contributed by atoms with Gasteiger partial charge >= 0.3 is 0 Å². The number of thioether (sulfide) groups is 1. The van der Waals surface area contributed by atoms with E-state index in [2.05, 4.69) is 29.4 Å². The lowest BCUT2D eigenvalue weighted by molar-refractivity contribution is -0.113. The van der Waals surface area contributed by atoms with Crippen molar-refractivity contribution in [2.45, 2.75) is 31.8 Å². The molecule has 6 nitrogen and oxygen atoms in total. The van der Waals surface area contributed by atoms with Gasteiger partial charge in [-0.3, -0.25) is 0 Å². The molecule has 0 fully saturated rings. The molecule has 0 radical (unpaired) electrons. The topological polar surface area (TPSA) is 62.1 Å². The first-order valence-corrected chi connectivity index (χ1v) is 6.10. The molecule has 0 amide bonds. The zero-order valence-electron chi connectivity index (χ0n) is 10.1. The number of methoxy groups -OCH3 is 2. The summed E-state index contributed by atoms with van der Waals surface area (Å²) in [4.78, 5) is 0. The van der Waals surface area contributed by atoms with Crippen LogP contribution in [-0.4, -0.2) is 46.5 Å². The smallest absolute Gasteiger partial charge is 0.209 e. The second-order valence-electron chi connectivity index (χ2n) is 3.75. The molecule has 92 valence electrons. The van der Waals surface area contributed by atoms with Crippen molar-refractivity contribution in [3.05, 3.63) is 0 Å². The van der Waals surface area contributed by atoms with Crippen molar-refractivity contribution in [2.75, 3.05) is 20.0 Å². The Kier molecular flexibility index (Phi) is 5.72. The molecule has 7 heteroatoms. The first kappa shape index (κ1) is 13.4. The van der Waals surface area contributed by atoms with Crippen LogP contribution in [0.3, 0.4) is 0 Å². The molecule has 0 aliphatic rings. The third kappa shape index (κ3) is 4.07. The van der Waals surface area contributed by atoms with Crippen molar-refractivity contribution in [3.8, 4) is 0 Å². The average Bonchev–Trinajstić information content (AvgIpc) is 2.70. The lowest BCUT2D eigenvalue weighted by Crippen LogP contribution is -2.22. The van der Waals surface area contributed by atoms with E-state index in [0.29, 0.717) is 12.5 Å². The van der Waals surface area contributed by atoms with Crippen LogP contribution in [0.25, 0.3) is 0 Å². The lowest BCUT2D eigenvalue weighted by Gasteiger charge is -2.13. The van der Waals surface area contributed by atoms with Gasteiger partial charge in [-0.05, 0) is 16.3 Å². The van der Waals surface area contributed by atoms with Crippen molar-refractivity contribution < 1.29 is 9.47 Å². The molecule has 0 aromatic carbocycles. The highest BCUT2D eigenvalue weighted by Gasteiger charge is 2.13. The Morgan fingerprint density at radius 3 is 2.56 bits per heavy atom. The monoisotopic (exact) mass is 246 g/mol. The average molecular weight is 246 g/mol. The minimum absolute atomic E-state index is 0.318. The SMILES string of the molecule is COC(Cn1nnnc1SCC(C)C)OC. The summed E-state index contributed by atoms with van der Waals surface area (Å²) in [5, 5.41) is 12.3. The van der Waals surface area contributed by atoms with Crippen LogP contribution in [0.5, 0.6) is 0 Å². The Morgan fingerprint density at radius 2 is 2.00 bits per heavy atom. The molecule has 1 heterocycles. The number of nitrogens with zero attached hydrogens (tertiary/aromatic N) is 4. The second-order valence-corrected chi connectivity index (χ2v) is 4.74. The van der Waals surface area contributed by atoms with Gasteiger partial charge in [0.1, 0.15) is 0 Å². The number of tetrazole rings is 1. The highest BCUT2D eigenvalue weighted by Crippen LogP contribution is 2.17. The zero-order valence-corrected chi connectivity index (χ0v) is 10.9. The Bertz CT molecular complexity index is 301. The Labute approximate surface area is 99.7 Å². The maximum Gasteiger partial charge on any atom is 0.209 e. The fraction of sp³-hybridized carbons (Fsp3) is 0.889. The Hall–Kier alpha value is -0.660. The highest BCUT2D eigenvalue weighted by atomic mass is 32.2. The van der Waals surface area contributed by atoms with Gasteiger partial charge in [-0.25, -0.2) is 4.68 Å². The molecule has 0 aliphatic heterocycles. The van der Waals surface area contributed by atoms with Crippen LogP contribution in [0.4, 0.5) is 0 Å². The minimum atomic E-state index is -0.318. The fourth-order valence-corrected chi connectivity index (χ4v) is 1.88. The van der Waals surface area contributed by atoms with Crippen LogP contribution in [0.2, 0.25) is 0 Å². The third-order valence-corrected chi connectivity index (χ3v) is 3.28. The molecule has 0 N–H and O–H groups in total. The zero-order chi connectivity index (χ0) is 12.0. The molecular formula is C9H18N4O2S. The molecule has 0 saturated heterocycles. The molecule has 0 aliphatic carbocycles. The van der Waals surface area contributed by atoms with Crippen LogP contribution in [0.15, 0.2) is 5.16 Å². The predicted molar refractivity (Wildman–Crippen MR) is 61.2 cm³/mol. The van der Waals surface area contributed by atoms with E-state index in [4.69, 9.17) is 9.47 Å². The second kappa shape index (κ2) is 6.82. The van der Waals surface area contributed by atoms with Crippen LogP contribution in [0.1, 0.15) is 13.8 Å². The minimum Gasteiger partial charge on any atom is -0.354 e. The van der Waals surface area contributed by atoms with Gasteiger partial charge in [0.2, 0.25) is 5.16 Å². The van der Waals surface area contributed by atoms with E-state index in [-0.39, 0.29) is 6.29 Å². The molecule has 0 unspecified atom stereocenters. The normalized spacial score (nSPS) is 11.6. The summed E-state index contributed by atoms with van der Waals surface area (Å²) >= 11 is 1.64. The number of ether oxygens (including phenoxy) is 2. The van der Waals surface area contributed by atoms with Crippen molar-refractivity contribution in [1.29, 1.82) is 0 Å². The van der Waals surface area contributed by atoms with Crippen LogP contribution in [0, 0.1) is 5.92 Å². The summed E-state index contributed by atoms with van der Waals surface area (Å²) in [6.07, 6.45) is -0.318. The van der Waals surface area contributed by atoms with Gasteiger partial charge in [0.25, 0.3) is 0 Å². The number of aromatic nitrogens is 4. The quantitative estimate of drug-likeness (QED) is 0.529. The van der Waals surface area contributed by atoms with Gasteiger partial charge in [0, 0.05) is 20.0 Å². The third-order valence-electron chi connectivity index (χ3n) is 1.89. The maximum atomic E-state index is 5.11. The van der Waals surface area contributed by atoms with Gasteiger partial charge in [-0.1, -0.05) is 25.6 Å². The van der Waals surface area contributed by atoms with E-state index in [1.165, 1.54) is 0 Å². The van der Waals surface area contributed by atoms with Gasteiger partial charge in [-0.2, -0.15) is 0 Å². The van der Waals surface area contributed by atoms with Gasteiger partial charge in [-0.15, -0.1) is 5.10 Å². The van der Waals surface area contributed by atoms with Crippen molar-refractivity contribution >= 4 is 11.8 Å². The van der Waals surface area contributed by atoms with E-state index in [0.717, 1.165) is 10.9 Å². The lowest BCUT2D eigenvalue weighted by atomic mass is 10.3. The largest absolute Gasteiger partial charge is 0.354 e. The summed E-state index contributed by atoms with van der Waals surface area (Å²) in [7, 11) is 3.19. The van der Waals surface area contributed by atoms with Crippen molar-refractivity contribution in [3.63, 3.8) is 0 Å². The van der Waals surface area contributed by atoms with E-state index in [1.54, 1.807) is 30.7 Å². The standard InChI is InChI=1S/C9H18N4O2S/c1-7(2)6-16-9-10-11-12-13(9)5-8(14-3)15-4/h7-8H,5-6H2,1-4H3. The number of rotatable bonds is 7. The molecule has 16 heavy (non-hydrogen) atoms. The van der Waals surface area contributed by atoms with Crippen LogP contribution in [-0.2, 0) is 16.0 Å². The molecule has 0 atom stereocenters. The first-order valence-electron chi connectivity index (χ1n) is 5.12. The van der Waals surface area contributed by atoms with Crippen LogP contribution >= 0.6 is 11.8 Å². The Morgan fingerprint density at radius 1 is 1.31 bits per heavy atom. The summed E-state index contributed by atoms with van der Waals surface area (Å²) in [6.45, 7) is 4.82. The first-order chi connectivity index (χ1) is 7.67. The molecule has 0 saturated carbocycles. The number of hydrogen-bond donors (Lipinski definition) is 0. The summed E-state index contributed by atoms with van der Waals surface area (Å²) in [5.74, 6) is 1.60. The van der Waals surface area contributed by atoms with Gasteiger partial charge in [0.05, 0.1) is 6.54 Å². The molecule has 1 aromatic rings. The molecule has 0 spiro atoms. The van der Waals surface area contributed by atoms with Crippen molar-refractivity contribution in [1.82, 2.24) is 20.2 Å². The molecule has 1 rings (SSSR count). The highest BCUT2D eigenvalue weighted by molar-refractivity contribution is 7.99. The van der Waals surface area contributed by atoms with Crippen molar-refractivity contribution in [2.24, 2.45) is 5.92 Å². The molecule has 0 bridgehead atoms. The van der Waals surface area contributed by atoms with Gasteiger partial charge < -0.3 is 9.47 Å². The maximum absolute atomic E-state index is 5.11. The number of hydrogen-bond acceptors (Lipinski definition) is 6. The van der Waals surface area contributed by atoms with Gasteiger partial charge in [0.15, 0.2) is 6.29 Å². The summed E-state index contributed by atoms with van der Waals surface area (Å²) in [6, 6.07) is 0.